The number of nitrogens with one attached hydrogen (secondary N) is 1. The first-order valence-corrected chi connectivity index (χ1v) is 6.40. The van der Waals surface area contributed by atoms with E-state index in [0.29, 0.717) is 6.54 Å². The summed E-state index contributed by atoms with van der Waals surface area (Å²) in [6.45, 7) is 7.51. The predicted octanol–water partition coefficient (Wildman–Crippen LogP) is 0.572. The van der Waals surface area contributed by atoms with Crippen LogP contribution < -0.4 is 11.1 Å². The third-order valence-electron chi connectivity index (χ3n) is 3.21. The van der Waals surface area contributed by atoms with Crippen LogP contribution in [0, 0.1) is 5.92 Å². The number of likely N-dealkylation sites (N-methyl/N-ethyl adjacent to an activating group) is 1. The molecule has 0 spiro atoms. The quantitative estimate of drug-likeness (QED) is 0.637. The van der Waals surface area contributed by atoms with Crippen LogP contribution in [0.1, 0.15) is 33.1 Å². The molecule has 1 fully saturated rings. The van der Waals surface area contributed by atoms with Gasteiger partial charge in [0.2, 0.25) is 5.91 Å². The largest absolute Gasteiger partial charge is 0.355 e. The van der Waals surface area contributed by atoms with Gasteiger partial charge in [0.25, 0.3) is 0 Å². The molecule has 0 aromatic rings. The molecule has 0 radical (unpaired) electrons. The molecule has 1 aliphatic rings. The number of amides is 1. The molecule has 1 saturated carbocycles. The van der Waals surface area contributed by atoms with Gasteiger partial charge in [0, 0.05) is 25.0 Å². The number of carbonyl (C=O) groups is 1. The Bertz CT molecular complexity index is 216. The zero-order valence-corrected chi connectivity index (χ0v) is 10.5. The van der Waals surface area contributed by atoms with Crippen LogP contribution in [-0.4, -0.2) is 43.0 Å². The van der Waals surface area contributed by atoms with Gasteiger partial charge in [0.1, 0.15) is 0 Å². The minimum Gasteiger partial charge on any atom is -0.355 e. The maximum atomic E-state index is 11.6. The average molecular weight is 227 g/mol. The van der Waals surface area contributed by atoms with E-state index in [4.69, 9.17) is 5.73 Å². The van der Waals surface area contributed by atoms with E-state index >= 15 is 0 Å². The van der Waals surface area contributed by atoms with E-state index in [-0.39, 0.29) is 11.8 Å². The second-order valence-corrected chi connectivity index (χ2v) is 4.63. The fourth-order valence-electron chi connectivity index (χ4n) is 1.92. The Morgan fingerprint density at radius 3 is 2.75 bits per heavy atom. The number of hydrogen-bond acceptors (Lipinski definition) is 3. The van der Waals surface area contributed by atoms with Gasteiger partial charge >= 0.3 is 0 Å². The Labute approximate surface area is 98.6 Å². The molecular formula is C12H25N3O. The number of carbonyl (C=O) groups excluding carboxylic acids is 1. The van der Waals surface area contributed by atoms with E-state index in [1.807, 2.05) is 6.92 Å². The van der Waals surface area contributed by atoms with Crippen molar-refractivity contribution in [3.63, 3.8) is 0 Å². The van der Waals surface area contributed by atoms with E-state index in [1.165, 1.54) is 12.8 Å². The van der Waals surface area contributed by atoms with Crippen LogP contribution in [0.2, 0.25) is 0 Å². The molecule has 4 heteroatoms. The maximum Gasteiger partial charge on any atom is 0.222 e. The van der Waals surface area contributed by atoms with Crippen LogP contribution in [0.15, 0.2) is 0 Å². The highest BCUT2D eigenvalue weighted by Gasteiger charge is 2.27. The molecule has 0 saturated heterocycles. The highest BCUT2D eigenvalue weighted by Crippen LogP contribution is 2.25. The Morgan fingerprint density at radius 2 is 2.25 bits per heavy atom. The topological polar surface area (TPSA) is 58.4 Å². The minimum absolute atomic E-state index is 0.0426. The summed E-state index contributed by atoms with van der Waals surface area (Å²) in [5, 5.41) is 2.98. The normalized spacial score (nSPS) is 17.5. The monoisotopic (exact) mass is 227 g/mol. The number of nitrogens with zero attached hydrogens (tertiary/aromatic N) is 1. The van der Waals surface area contributed by atoms with Crippen LogP contribution in [-0.2, 0) is 4.79 Å². The zero-order valence-electron chi connectivity index (χ0n) is 10.5. The highest BCUT2D eigenvalue weighted by atomic mass is 16.1. The Hall–Kier alpha value is -0.610. The van der Waals surface area contributed by atoms with Crippen LogP contribution in [0.5, 0.6) is 0 Å². The summed E-state index contributed by atoms with van der Waals surface area (Å²) >= 11 is 0. The first kappa shape index (κ1) is 13.5. The van der Waals surface area contributed by atoms with Gasteiger partial charge < -0.3 is 11.1 Å². The molecule has 1 amide bonds. The lowest BCUT2D eigenvalue weighted by Crippen LogP contribution is -2.38. The van der Waals surface area contributed by atoms with Crippen LogP contribution in [0.25, 0.3) is 0 Å². The lowest BCUT2D eigenvalue weighted by atomic mass is 10.1. The van der Waals surface area contributed by atoms with E-state index in [0.717, 1.165) is 32.1 Å². The minimum atomic E-state index is 0.0426. The molecule has 1 unspecified atom stereocenters. The van der Waals surface area contributed by atoms with Gasteiger partial charge in [-0.15, -0.1) is 0 Å². The van der Waals surface area contributed by atoms with Gasteiger partial charge in [-0.25, -0.2) is 0 Å². The smallest absolute Gasteiger partial charge is 0.222 e. The molecular weight excluding hydrogens is 202 g/mol. The standard InChI is InChI=1S/C12H25N3O/c1-3-15(11-4-5-11)9-8-14-12(16)10(2)6-7-13/h10-11H,3-9,13H2,1-2H3,(H,14,16). The molecule has 0 aromatic carbocycles. The molecule has 1 rings (SSSR count). The molecule has 4 nitrogen and oxygen atoms in total. The first-order valence-electron chi connectivity index (χ1n) is 6.40. The van der Waals surface area contributed by atoms with E-state index in [9.17, 15) is 4.79 Å². The van der Waals surface area contributed by atoms with Crippen molar-refractivity contribution in [1.82, 2.24) is 10.2 Å². The van der Waals surface area contributed by atoms with Crippen molar-refractivity contribution in [2.24, 2.45) is 11.7 Å². The highest BCUT2D eigenvalue weighted by molar-refractivity contribution is 5.78. The first-order chi connectivity index (χ1) is 7.69. The van der Waals surface area contributed by atoms with Crippen LogP contribution in [0.4, 0.5) is 0 Å². The fourth-order valence-corrected chi connectivity index (χ4v) is 1.92. The summed E-state index contributed by atoms with van der Waals surface area (Å²) in [6.07, 6.45) is 3.42. The van der Waals surface area contributed by atoms with E-state index in [2.05, 4.69) is 17.1 Å². The van der Waals surface area contributed by atoms with Crippen molar-refractivity contribution in [3.8, 4) is 0 Å². The lowest BCUT2D eigenvalue weighted by Gasteiger charge is -2.20. The van der Waals surface area contributed by atoms with Gasteiger partial charge in [0.05, 0.1) is 0 Å². The molecule has 94 valence electrons. The second-order valence-electron chi connectivity index (χ2n) is 4.63. The van der Waals surface area contributed by atoms with Gasteiger partial charge in [-0.2, -0.15) is 0 Å². The summed E-state index contributed by atoms with van der Waals surface area (Å²) in [7, 11) is 0. The molecule has 0 bridgehead atoms. The summed E-state index contributed by atoms with van der Waals surface area (Å²) < 4.78 is 0. The number of rotatable bonds is 8. The second kappa shape index (κ2) is 6.86. The van der Waals surface area contributed by atoms with Gasteiger partial charge in [-0.1, -0.05) is 13.8 Å². The third kappa shape index (κ3) is 4.49. The SMILES string of the molecule is CCN(CCNC(=O)C(C)CCN)C1CC1. The van der Waals surface area contributed by atoms with Crippen molar-refractivity contribution < 1.29 is 4.79 Å². The van der Waals surface area contributed by atoms with Gasteiger partial charge in [-0.05, 0) is 32.4 Å². The summed E-state index contributed by atoms with van der Waals surface area (Å²) in [6, 6.07) is 0.781. The molecule has 0 aromatic heterocycles. The zero-order chi connectivity index (χ0) is 12.0. The fraction of sp³-hybridized carbons (Fsp3) is 0.917. The van der Waals surface area contributed by atoms with Crippen molar-refractivity contribution in [3.05, 3.63) is 0 Å². The van der Waals surface area contributed by atoms with Crippen molar-refractivity contribution in [2.75, 3.05) is 26.2 Å². The van der Waals surface area contributed by atoms with Gasteiger partial charge in [0.15, 0.2) is 0 Å². The Balaban J connectivity index is 2.11. The van der Waals surface area contributed by atoms with Crippen LogP contribution in [0.3, 0.4) is 0 Å². The molecule has 0 aliphatic heterocycles. The molecule has 1 atom stereocenters. The Morgan fingerprint density at radius 1 is 1.56 bits per heavy atom. The summed E-state index contributed by atoms with van der Waals surface area (Å²) in [5.74, 6) is 0.179. The molecule has 16 heavy (non-hydrogen) atoms. The Kier molecular flexibility index (Phi) is 5.77. The van der Waals surface area contributed by atoms with E-state index in [1.54, 1.807) is 0 Å². The third-order valence-corrected chi connectivity index (χ3v) is 3.21. The number of hydrogen-bond donors (Lipinski definition) is 2. The van der Waals surface area contributed by atoms with Gasteiger partial charge in [-0.3, -0.25) is 9.69 Å². The average Bonchev–Trinajstić information content (AvgIpc) is 3.08. The van der Waals surface area contributed by atoms with E-state index < -0.39 is 0 Å². The molecule has 3 N–H and O–H groups in total. The summed E-state index contributed by atoms with van der Waals surface area (Å²) in [5.41, 5.74) is 5.43. The number of nitrogens with two attached hydrogens (primary N) is 1. The summed E-state index contributed by atoms with van der Waals surface area (Å²) in [4.78, 5) is 14.0. The molecule has 1 aliphatic carbocycles. The predicted molar refractivity (Wildman–Crippen MR) is 66.1 cm³/mol. The molecule has 0 heterocycles. The van der Waals surface area contributed by atoms with Crippen LogP contribution >= 0.6 is 0 Å². The van der Waals surface area contributed by atoms with Crippen molar-refractivity contribution >= 4 is 5.91 Å². The van der Waals surface area contributed by atoms with Crippen molar-refractivity contribution in [2.45, 2.75) is 39.2 Å². The van der Waals surface area contributed by atoms with Crippen molar-refractivity contribution in [1.29, 1.82) is 0 Å². The maximum absolute atomic E-state index is 11.6. The lowest BCUT2D eigenvalue weighted by molar-refractivity contribution is -0.124.